The van der Waals surface area contributed by atoms with E-state index in [1.54, 1.807) is 29.2 Å². The average molecular weight is 395 g/mol. The van der Waals surface area contributed by atoms with Gasteiger partial charge in [-0.1, -0.05) is 6.07 Å². The van der Waals surface area contributed by atoms with Crippen LogP contribution in [-0.2, 0) is 0 Å². The number of nitrogens with zero attached hydrogens (tertiary/aromatic N) is 1. The third-order valence-electron chi connectivity index (χ3n) is 5.60. The molecule has 2 aromatic rings. The minimum Gasteiger partial charge on any atom is -0.496 e. The molecule has 3 aliphatic heterocycles. The van der Waals surface area contributed by atoms with E-state index in [0.717, 1.165) is 11.4 Å². The number of hydrogen-bond donors (Lipinski definition) is 4. The topological polar surface area (TPSA) is 104 Å². The molecule has 9 nitrogen and oxygen atoms in total. The molecule has 150 valence electrons. The molecule has 0 atom stereocenters. The molecule has 2 aromatic carbocycles. The molecule has 0 aromatic heterocycles. The quantitative estimate of drug-likeness (QED) is 0.614. The highest BCUT2D eigenvalue weighted by Gasteiger charge is 2.44. The maximum atomic E-state index is 12.9. The van der Waals surface area contributed by atoms with E-state index in [1.807, 2.05) is 12.1 Å². The van der Waals surface area contributed by atoms with Gasteiger partial charge in [-0.15, -0.1) is 5.53 Å². The third-order valence-corrected chi connectivity index (χ3v) is 5.60. The smallest absolute Gasteiger partial charge is 0.261 e. The van der Waals surface area contributed by atoms with Gasteiger partial charge in [0.15, 0.2) is 5.72 Å². The van der Waals surface area contributed by atoms with Gasteiger partial charge in [0.1, 0.15) is 17.1 Å². The average Bonchev–Trinajstić information content (AvgIpc) is 3.21. The monoisotopic (exact) mass is 395 g/mol. The Hall–Kier alpha value is -3.46. The second-order valence-corrected chi connectivity index (χ2v) is 7.31. The van der Waals surface area contributed by atoms with E-state index < -0.39 is 5.72 Å². The standard InChI is InChI=1S/C20H21N5O4/c1-28-15-3-2-4-16-17(15)18(26)21-20(29-16)7-9-25(10-8-20)19(27)12-5-6-13-14(11-12)23-24-22-13/h2-6,11,22-24H,7-10H2,1H3,(H,21,26). The van der Waals surface area contributed by atoms with Crippen molar-refractivity contribution >= 4 is 23.2 Å². The van der Waals surface area contributed by atoms with Gasteiger partial charge in [0.05, 0.1) is 18.5 Å². The molecular formula is C20H21N5O4. The van der Waals surface area contributed by atoms with Crippen LogP contribution in [0.4, 0.5) is 11.4 Å². The number of hydrazine groups is 2. The number of benzene rings is 2. The number of likely N-dealkylation sites (tertiary alicyclic amines) is 1. The van der Waals surface area contributed by atoms with Crippen LogP contribution >= 0.6 is 0 Å². The lowest BCUT2D eigenvalue weighted by molar-refractivity contribution is -0.0248. The Balaban J connectivity index is 1.31. The molecule has 9 heteroatoms. The van der Waals surface area contributed by atoms with E-state index in [2.05, 4.69) is 21.7 Å². The molecule has 0 radical (unpaired) electrons. The predicted molar refractivity (Wildman–Crippen MR) is 106 cm³/mol. The van der Waals surface area contributed by atoms with Gasteiger partial charge in [0.25, 0.3) is 11.8 Å². The number of carbonyl (C=O) groups excluding carboxylic acids is 2. The van der Waals surface area contributed by atoms with Crippen LogP contribution in [-0.4, -0.2) is 42.6 Å². The molecule has 1 fully saturated rings. The summed E-state index contributed by atoms with van der Waals surface area (Å²) in [5.41, 5.74) is 10.7. The number of rotatable bonds is 2. The second-order valence-electron chi connectivity index (χ2n) is 7.31. The first-order valence-corrected chi connectivity index (χ1v) is 9.47. The predicted octanol–water partition coefficient (Wildman–Crippen LogP) is 1.71. The molecule has 0 bridgehead atoms. The van der Waals surface area contributed by atoms with Gasteiger partial charge in [-0.2, -0.15) is 0 Å². The zero-order valence-electron chi connectivity index (χ0n) is 15.9. The fourth-order valence-corrected chi connectivity index (χ4v) is 4.03. The number of anilines is 2. The summed E-state index contributed by atoms with van der Waals surface area (Å²) in [4.78, 5) is 27.4. The second kappa shape index (κ2) is 6.56. The van der Waals surface area contributed by atoms with Gasteiger partial charge in [0.2, 0.25) is 0 Å². The maximum Gasteiger partial charge on any atom is 0.261 e. The van der Waals surface area contributed by atoms with Crippen LogP contribution in [0.2, 0.25) is 0 Å². The van der Waals surface area contributed by atoms with Crippen molar-refractivity contribution in [3.63, 3.8) is 0 Å². The molecule has 0 saturated carbocycles. The highest BCUT2D eigenvalue weighted by atomic mass is 16.5. The number of piperidine rings is 1. The van der Waals surface area contributed by atoms with Crippen molar-refractivity contribution in [2.45, 2.75) is 18.6 Å². The van der Waals surface area contributed by atoms with Crippen LogP contribution in [0.25, 0.3) is 0 Å². The SMILES string of the molecule is COc1cccc2c1C(=O)NC1(CCN(C(=O)c3ccc4c(c3)NNN4)CC1)O2. The van der Waals surface area contributed by atoms with E-state index in [-0.39, 0.29) is 11.8 Å². The van der Waals surface area contributed by atoms with E-state index in [9.17, 15) is 9.59 Å². The molecule has 2 amide bonds. The lowest BCUT2D eigenvalue weighted by Gasteiger charge is -2.44. The summed E-state index contributed by atoms with van der Waals surface area (Å²) in [5, 5.41) is 2.99. The van der Waals surface area contributed by atoms with Crippen LogP contribution in [0, 0.1) is 0 Å². The van der Waals surface area contributed by atoms with Gasteiger partial charge in [-0.3, -0.25) is 9.59 Å². The molecular weight excluding hydrogens is 374 g/mol. The van der Waals surface area contributed by atoms with Crippen LogP contribution < -0.4 is 31.2 Å². The first-order chi connectivity index (χ1) is 14.1. The minimum atomic E-state index is -0.805. The highest BCUT2D eigenvalue weighted by molar-refractivity contribution is 6.01. The summed E-state index contributed by atoms with van der Waals surface area (Å²) in [7, 11) is 1.53. The van der Waals surface area contributed by atoms with E-state index in [1.165, 1.54) is 7.11 Å². The largest absolute Gasteiger partial charge is 0.496 e. The van der Waals surface area contributed by atoms with Crippen molar-refractivity contribution in [2.24, 2.45) is 0 Å². The van der Waals surface area contributed by atoms with Crippen molar-refractivity contribution < 1.29 is 19.1 Å². The fourth-order valence-electron chi connectivity index (χ4n) is 4.03. The first-order valence-electron chi connectivity index (χ1n) is 9.47. The minimum absolute atomic E-state index is 0.0412. The number of amides is 2. The van der Waals surface area contributed by atoms with Crippen molar-refractivity contribution in [3.8, 4) is 11.5 Å². The normalized spacial score (nSPS) is 18.7. The van der Waals surface area contributed by atoms with Crippen LogP contribution in [0.3, 0.4) is 0 Å². The van der Waals surface area contributed by atoms with Gasteiger partial charge < -0.3 is 30.5 Å². The Kier molecular flexibility index (Phi) is 3.99. The van der Waals surface area contributed by atoms with E-state index in [0.29, 0.717) is 48.6 Å². The van der Waals surface area contributed by atoms with Gasteiger partial charge >= 0.3 is 0 Å². The number of ether oxygens (including phenoxy) is 2. The summed E-state index contributed by atoms with van der Waals surface area (Å²) >= 11 is 0. The Morgan fingerprint density at radius 2 is 1.93 bits per heavy atom. The Morgan fingerprint density at radius 3 is 2.72 bits per heavy atom. The number of carbonyl (C=O) groups is 2. The molecule has 1 spiro atoms. The number of methoxy groups -OCH3 is 1. The number of nitrogens with one attached hydrogen (secondary N) is 4. The molecule has 4 N–H and O–H groups in total. The number of fused-ring (bicyclic) bond motifs is 2. The summed E-state index contributed by atoms with van der Waals surface area (Å²) < 4.78 is 11.5. The van der Waals surface area contributed by atoms with Gasteiger partial charge in [-0.05, 0) is 30.3 Å². The first kappa shape index (κ1) is 17.6. The molecule has 3 aliphatic rings. The van der Waals surface area contributed by atoms with Crippen molar-refractivity contribution in [2.75, 3.05) is 31.1 Å². The fraction of sp³-hybridized carbons (Fsp3) is 0.300. The van der Waals surface area contributed by atoms with E-state index >= 15 is 0 Å². The Bertz CT molecular complexity index is 1000. The molecule has 0 unspecified atom stereocenters. The lowest BCUT2D eigenvalue weighted by atomic mass is 9.96. The molecule has 3 heterocycles. The van der Waals surface area contributed by atoms with Crippen molar-refractivity contribution in [3.05, 3.63) is 47.5 Å². The molecule has 0 aliphatic carbocycles. The lowest BCUT2D eigenvalue weighted by Crippen LogP contribution is -2.61. The Morgan fingerprint density at radius 1 is 1.14 bits per heavy atom. The Labute approximate surface area is 167 Å². The molecule has 5 rings (SSSR count). The summed E-state index contributed by atoms with van der Waals surface area (Å²) in [6, 6.07) is 10.8. The van der Waals surface area contributed by atoms with Crippen LogP contribution in [0.5, 0.6) is 11.5 Å². The highest BCUT2D eigenvalue weighted by Crippen LogP contribution is 2.38. The van der Waals surface area contributed by atoms with Gasteiger partial charge in [-0.25, -0.2) is 0 Å². The van der Waals surface area contributed by atoms with Crippen molar-refractivity contribution in [1.29, 1.82) is 0 Å². The number of hydrogen-bond acceptors (Lipinski definition) is 7. The zero-order valence-corrected chi connectivity index (χ0v) is 15.9. The third kappa shape index (κ3) is 2.90. The maximum absolute atomic E-state index is 12.9. The van der Waals surface area contributed by atoms with Crippen molar-refractivity contribution in [1.82, 2.24) is 15.8 Å². The zero-order chi connectivity index (χ0) is 20.0. The summed E-state index contributed by atoms with van der Waals surface area (Å²) in [6.45, 7) is 0.971. The van der Waals surface area contributed by atoms with Crippen LogP contribution in [0.1, 0.15) is 33.6 Å². The van der Waals surface area contributed by atoms with Crippen LogP contribution in [0.15, 0.2) is 36.4 Å². The summed E-state index contributed by atoms with van der Waals surface area (Å²) in [6.07, 6.45) is 1.01. The van der Waals surface area contributed by atoms with Gasteiger partial charge in [0, 0.05) is 31.5 Å². The molecule has 29 heavy (non-hydrogen) atoms. The molecule has 1 saturated heterocycles. The summed E-state index contributed by atoms with van der Waals surface area (Å²) in [5.74, 6) is 0.739. The van der Waals surface area contributed by atoms with E-state index in [4.69, 9.17) is 9.47 Å².